The summed E-state index contributed by atoms with van der Waals surface area (Å²) in [6, 6.07) is 7.01. The molecule has 25 heavy (non-hydrogen) atoms. The van der Waals surface area contributed by atoms with Crippen LogP contribution in [0.2, 0.25) is 0 Å². The van der Waals surface area contributed by atoms with Crippen LogP contribution >= 0.6 is 0 Å². The molecule has 0 aromatic heterocycles. The summed E-state index contributed by atoms with van der Waals surface area (Å²) in [5.74, 6) is 0.313. The number of hydrogen-bond donors (Lipinski definition) is 0. The van der Waals surface area contributed by atoms with Gasteiger partial charge in [0, 0.05) is 0 Å². The SMILES string of the molecule is CCCCCCOc1ccc(C(=O)OOC(C)CCCCCC)cc1. The highest BCUT2D eigenvalue weighted by molar-refractivity contribution is 5.89. The van der Waals surface area contributed by atoms with Crippen molar-refractivity contribution in [3.8, 4) is 5.75 Å². The van der Waals surface area contributed by atoms with E-state index >= 15 is 0 Å². The van der Waals surface area contributed by atoms with E-state index in [1.54, 1.807) is 24.3 Å². The number of carbonyl (C=O) groups is 1. The van der Waals surface area contributed by atoms with Crippen molar-refractivity contribution in [1.82, 2.24) is 0 Å². The molecule has 1 aromatic rings. The molecule has 0 amide bonds. The Morgan fingerprint density at radius 2 is 1.56 bits per heavy atom. The molecule has 0 saturated heterocycles. The van der Waals surface area contributed by atoms with Crippen molar-refractivity contribution in [3.05, 3.63) is 29.8 Å². The van der Waals surface area contributed by atoms with E-state index in [1.807, 2.05) is 6.92 Å². The first-order chi connectivity index (χ1) is 12.2. The zero-order valence-electron chi connectivity index (χ0n) is 16.1. The minimum Gasteiger partial charge on any atom is -0.494 e. The molecule has 0 aliphatic heterocycles. The Labute approximate surface area is 152 Å². The van der Waals surface area contributed by atoms with Crippen molar-refractivity contribution in [1.29, 1.82) is 0 Å². The quantitative estimate of drug-likeness (QED) is 0.231. The first-order valence-corrected chi connectivity index (χ1v) is 9.77. The maximum atomic E-state index is 12.0. The van der Waals surface area contributed by atoms with Gasteiger partial charge in [0.2, 0.25) is 0 Å². The molecule has 0 fully saturated rings. The summed E-state index contributed by atoms with van der Waals surface area (Å²) in [6.07, 6.45) is 10.3. The molecule has 0 bridgehead atoms. The Balaban J connectivity index is 2.24. The summed E-state index contributed by atoms with van der Waals surface area (Å²) < 4.78 is 5.67. The molecule has 1 unspecified atom stereocenters. The molecular formula is C21H34O4. The van der Waals surface area contributed by atoms with Crippen LogP contribution in [0.3, 0.4) is 0 Å². The Morgan fingerprint density at radius 1 is 0.920 bits per heavy atom. The fourth-order valence-electron chi connectivity index (χ4n) is 2.49. The Kier molecular flexibility index (Phi) is 11.8. The number of benzene rings is 1. The minimum atomic E-state index is -0.463. The number of unbranched alkanes of at least 4 members (excludes halogenated alkanes) is 6. The summed E-state index contributed by atoms with van der Waals surface area (Å²) >= 11 is 0. The van der Waals surface area contributed by atoms with E-state index in [2.05, 4.69) is 13.8 Å². The highest BCUT2D eigenvalue weighted by atomic mass is 17.2. The van der Waals surface area contributed by atoms with Gasteiger partial charge < -0.3 is 4.74 Å². The minimum absolute atomic E-state index is 0.0773. The summed E-state index contributed by atoms with van der Waals surface area (Å²) in [5.41, 5.74) is 0.469. The van der Waals surface area contributed by atoms with Crippen LogP contribution in [0.15, 0.2) is 24.3 Å². The van der Waals surface area contributed by atoms with Crippen molar-refractivity contribution in [3.63, 3.8) is 0 Å². The van der Waals surface area contributed by atoms with Gasteiger partial charge in [-0.05, 0) is 44.0 Å². The zero-order valence-corrected chi connectivity index (χ0v) is 16.1. The second kappa shape index (κ2) is 13.7. The fraction of sp³-hybridized carbons (Fsp3) is 0.667. The molecule has 1 rings (SSSR count). The smallest absolute Gasteiger partial charge is 0.373 e. The first-order valence-electron chi connectivity index (χ1n) is 9.77. The average Bonchev–Trinajstić information content (AvgIpc) is 2.63. The van der Waals surface area contributed by atoms with Crippen LogP contribution in [0.5, 0.6) is 5.75 Å². The second-order valence-corrected chi connectivity index (χ2v) is 6.56. The summed E-state index contributed by atoms with van der Waals surface area (Å²) in [4.78, 5) is 22.1. The largest absolute Gasteiger partial charge is 0.494 e. The van der Waals surface area contributed by atoms with Gasteiger partial charge in [0.15, 0.2) is 0 Å². The predicted octanol–water partition coefficient (Wildman–Crippen LogP) is 6.09. The van der Waals surface area contributed by atoms with Crippen LogP contribution < -0.4 is 4.74 Å². The standard InChI is InChI=1S/C21H34O4/c1-4-6-8-10-12-18(3)24-25-21(22)19-13-15-20(16-14-19)23-17-11-9-7-5-2/h13-16,18H,4-12,17H2,1-3H3. The van der Waals surface area contributed by atoms with E-state index in [4.69, 9.17) is 14.5 Å². The van der Waals surface area contributed by atoms with Crippen molar-refractivity contribution in [2.24, 2.45) is 0 Å². The maximum absolute atomic E-state index is 12.0. The molecular weight excluding hydrogens is 316 g/mol. The molecule has 1 atom stereocenters. The third-order valence-corrected chi connectivity index (χ3v) is 4.11. The lowest BCUT2D eigenvalue weighted by molar-refractivity contribution is -0.271. The Hall–Kier alpha value is -1.55. The predicted molar refractivity (Wildman–Crippen MR) is 101 cm³/mol. The van der Waals surface area contributed by atoms with E-state index in [0.29, 0.717) is 12.2 Å². The monoisotopic (exact) mass is 350 g/mol. The molecule has 0 heterocycles. The molecule has 0 radical (unpaired) electrons. The average molecular weight is 350 g/mol. The van der Waals surface area contributed by atoms with E-state index in [9.17, 15) is 4.79 Å². The van der Waals surface area contributed by atoms with Crippen molar-refractivity contribution >= 4 is 5.97 Å². The molecule has 0 aliphatic rings. The topological polar surface area (TPSA) is 44.8 Å². The van der Waals surface area contributed by atoms with Gasteiger partial charge >= 0.3 is 5.97 Å². The fourth-order valence-corrected chi connectivity index (χ4v) is 2.49. The summed E-state index contributed by atoms with van der Waals surface area (Å²) in [6.45, 7) is 7.01. The van der Waals surface area contributed by atoms with Gasteiger partial charge in [-0.15, -0.1) is 0 Å². The molecule has 0 aliphatic carbocycles. The first kappa shape index (κ1) is 21.5. The van der Waals surface area contributed by atoms with Crippen LogP contribution in [0, 0.1) is 0 Å². The molecule has 4 heteroatoms. The van der Waals surface area contributed by atoms with Crippen LogP contribution in [0.25, 0.3) is 0 Å². The summed E-state index contributed by atoms with van der Waals surface area (Å²) in [7, 11) is 0. The van der Waals surface area contributed by atoms with Gasteiger partial charge in [-0.25, -0.2) is 4.79 Å². The van der Waals surface area contributed by atoms with Crippen LogP contribution in [0.4, 0.5) is 0 Å². The Bertz CT molecular complexity index is 455. The number of carbonyl (C=O) groups excluding carboxylic acids is 1. The van der Waals surface area contributed by atoms with Gasteiger partial charge in [0.1, 0.15) is 11.9 Å². The van der Waals surface area contributed by atoms with Crippen LogP contribution in [0.1, 0.15) is 88.9 Å². The van der Waals surface area contributed by atoms with Gasteiger partial charge in [-0.2, -0.15) is 4.89 Å². The van der Waals surface area contributed by atoms with Crippen molar-refractivity contribution in [2.75, 3.05) is 6.61 Å². The van der Waals surface area contributed by atoms with E-state index in [1.165, 1.54) is 38.5 Å². The van der Waals surface area contributed by atoms with E-state index in [0.717, 1.165) is 25.0 Å². The molecule has 0 spiro atoms. The maximum Gasteiger partial charge on any atom is 0.373 e. The van der Waals surface area contributed by atoms with E-state index in [-0.39, 0.29) is 6.10 Å². The van der Waals surface area contributed by atoms with Gasteiger partial charge in [0.25, 0.3) is 0 Å². The second-order valence-electron chi connectivity index (χ2n) is 6.56. The lowest BCUT2D eigenvalue weighted by Crippen LogP contribution is -2.13. The number of ether oxygens (including phenoxy) is 1. The highest BCUT2D eigenvalue weighted by Gasteiger charge is 2.11. The molecule has 0 saturated carbocycles. The highest BCUT2D eigenvalue weighted by Crippen LogP contribution is 2.15. The molecule has 1 aromatic carbocycles. The van der Waals surface area contributed by atoms with Crippen LogP contribution in [-0.2, 0) is 9.78 Å². The zero-order chi connectivity index (χ0) is 18.3. The van der Waals surface area contributed by atoms with Crippen molar-refractivity contribution < 1.29 is 19.3 Å². The Morgan fingerprint density at radius 3 is 2.20 bits per heavy atom. The van der Waals surface area contributed by atoms with Crippen LogP contribution in [-0.4, -0.2) is 18.7 Å². The van der Waals surface area contributed by atoms with Crippen molar-refractivity contribution in [2.45, 2.75) is 84.7 Å². The normalized spacial score (nSPS) is 12.0. The third-order valence-electron chi connectivity index (χ3n) is 4.11. The lowest BCUT2D eigenvalue weighted by Gasteiger charge is -2.11. The molecule has 4 nitrogen and oxygen atoms in total. The molecule has 0 N–H and O–H groups in total. The van der Waals surface area contributed by atoms with E-state index < -0.39 is 5.97 Å². The summed E-state index contributed by atoms with van der Waals surface area (Å²) in [5, 5.41) is 0. The number of hydrogen-bond acceptors (Lipinski definition) is 4. The lowest BCUT2D eigenvalue weighted by atomic mass is 10.1. The molecule has 142 valence electrons. The third kappa shape index (κ3) is 10.1. The van der Waals surface area contributed by atoms with Gasteiger partial charge in [-0.1, -0.05) is 58.8 Å². The van der Waals surface area contributed by atoms with Gasteiger partial charge in [0.05, 0.1) is 12.2 Å². The van der Waals surface area contributed by atoms with Gasteiger partial charge in [-0.3, -0.25) is 4.89 Å². The number of rotatable bonds is 14.